The molecule has 0 aromatic heterocycles. The molecule has 0 aliphatic rings. The van der Waals surface area contributed by atoms with Crippen molar-refractivity contribution in [2.75, 3.05) is 5.73 Å². The Labute approximate surface area is 78.9 Å². The number of ketones is 1. The molecule has 1 aromatic rings. The van der Waals surface area contributed by atoms with Crippen molar-refractivity contribution >= 4 is 27.4 Å². The first kappa shape index (κ1) is 8.82. The fraction of sp³-hybridized carbons (Fsp3) is 0. The summed E-state index contributed by atoms with van der Waals surface area (Å²) in [7, 11) is 0. The topological polar surface area (TPSA) is 43.1 Å². The fourth-order valence-corrected chi connectivity index (χ4v) is 1.34. The number of hydrogen-bond donors (Lipinski definition) is 1. The molecule has 0 aliphatic heterocycles. The van der Waals surface area contributed by atoms with Crippen molar-refractivity contribution in [1.29, 1.82) is 0 Å². The van der Waals surface area contributed by atoms with Gasteiger partial charge in [-0.05, 0) is 24.1 Å². The molecular weight excluding hydrogens is 218 g/mol. The molecule has 3 heteroatoms. The number of benzene rings is 1. The Morgan fingerprint density at radius 2 is 2.17 bits per heavy atom. The van der Waals surface area contributed by atoms with Crippen molar-refractivity contribution in [3.63, 3.8) is 0 Å². The van der Waals surface area contributed by atoms with E-state index in [-0.39, 0.29) is 5.78 Å². The monoisotopic (exact) mass is 223 g/mol. The Kier molecular flexibility index (Phi) is 2.51. The second-order valence-corrected chi connectivity index (χ2v) is 3.16. The Hall–Kier alpha value is -1.27. The van der Waals surface area contributed by atoms with Gasteiger partial charge in [-0.2, -0.15) is 0 Å². The van der Waals surface area contributed by atoms with Gasteiger partial charge in [0.2, 0.25) is 5.78 Å². The number of carbonyl (C=O) groups is 1. The van der Waals surface area contributed by atoms with E-state index in [0.717, 1.165) is 4.47 Å². The highest BCUT2D eigenvalue weighted by molar-refractivity contribution is 9.10. The molecular formula is C9H6BrNO. The van der Waals surface area contributed by atoms with Gasteiger partial charge in [-0.25, -0.2) is 0 Å². The van der Waals surface area contributed by atoms with Crippen molar-refractivity contribution in [2.24, 2.45) is 0 Å². The van der Waals surface area contributed by atoms with Crippen LogP contribution in [-0.2, 0) is 0 Å². The number of nitrogens with two attached hydrogens (primary N) is 1. The summed E-state index contributed by atoms with van der Waals surface area (Å²) >= 11 is 3.21. The van der Waals surface area contributed by atoms with E-state index in [2.05, 4.69) is 15.9 Å². The summed E-state index contributed by atoms with van der Waals surface area (Å²) in [6.07, 6.45) is 4.95. The molecule has 0 aliphatic carbocycles. The van der Waals surface area contributed by atoms with Crippen LogP contribution >= 0.6 is 15.9 Å². The molecule has 0 radical (unpaired) electrons. The van der Waals surface area contributed by atoms with Crippen LogP contribution in [0.1, 0.15) is 10.4 Å². The minimum atomic E-state index is -0.358. The Morgan fingerprint density at radius 1 is 1.50 bits per heavy atom. The van der Waals surface area contributed by atoms with E-state index in [9.17, 15) is 4.79 Å². The van der Waals surface area contributed by atoms with Crippen molar-refractivity contribution in [3.05, 3.63) is 28.2 Å². The quantitative estimate of drug-likeness (QED) is 0.342. The highest BCUT2D eigenvalue weighted by Gasteiger charge is 2.03. The van der Waals surface area contributed by atoms with Crippen LogP contribution in [0, 0.1) is 12.3 Å². The summed E-state index contributed by atoms with van der Waals surface area (Å²) in [6, 6.07) is 4.89. The lowest BCUT2D eigenvalue weighted by molar-refractivity contribution is 0.105. The standard InChI is InChI=1S/C9H6BrNO/c1-2-9(12)6-3-7(10)5-8(11)4-6/h1,3-5H,11H2. The van der Waals surface area contributed by atoms with Gasteiger partial charge in [0.1, 0.15) is 0 Å². The maximum absolute atomic E-state index is 11.0. The summed E-state index contributed by atoms with van der Waals surface area (Å²) < 4.78 is 0.751. The van der Waals surface area contributed by atoms with E-state index in [1.807, 2.05) is 5.92 Å². The molecule has 12 heavy (non-hydrogen) atoms. The molecule has 0 amide bonds. The fourth-order valence-electron chi connectivity index (χ4n) is 0.827. The van der Waals surface area contributed by atoms with E-state index >= 15 is 0 Å². The lowest BCUT2D eigenvalue weighted by atomic mass is 10.1. The number of anilines is 1. The Balaban J connectivity index is 3.19. The van der Waals surface area contributed by atoms with Gasteiger partial charge in [0.25, 0.3) is 0 Å². The molecule has 2 nitrogen and oxygen atoms in total. The first-order valence-corrected chi connectivity index (χ1v) is 4.00. The van der Waals surface area contributed by atoms with Gasteiger partial charge in [-0.15, -0.1) is 6.42 Å². The molecule has 2 N–H and O–H groups in total. The number of carbonyl (C=O) groups excluding carboxylic acids is 1. The third-order valence-corrected chi connectivity index (χ3v) is 1.77. The number of terminal acetylenes is 1. The first-order valence-electron chi connectivity index (χ1n) is 3.20. The number of Topliss-reactive ketones (excluding diaryl/α,β-unsaturated/α-hetero) is 1. The van der Waals surface area contributed by atoms with Gasteiger partial charge >= 0.3 is 0 Å². The molecule has 0 heterocycles. The van der Waals surface area contributed by atoms with E-state index in [1.54, 1.807) is 18.2 Å². The highest BCUT2D eigenvalue weighted by Crippen LogP contribution is 2.17. The molecule has 0 unspecified atom stereocenters. The van der Waals surface area contributed by atoms with Gasteiger partial charge in [0, 0.05) is 15.7 Å². The van der Waals surface area contributed by atoms with Gasteiger partial charge in [-0.1, -0.05) is 15.9 Å². The van der Waals surface area contributed by atoms with Crippen molar-refractivity contribution in [1.82, 2.24) is 0 Å². The van der Waals surface area contributed by atoms with Crippen LogP contribution in [-0.4, -0.2) is 5.78 Å². The molecule has 1 aromatic carbocycles. The van der Waals surface area contributed by atoms with E-state index in [0.29, 0.717) is 11.3 Å². The van der Waals surface area contributed by atoms with Crippen LogP contribution in [0.25, 0.3) is 0 Å². The van der Waals surface area contributed by atoms with Crippen LogP contribution in [0.5, 0.6) is 0 Å². The average Bonchev–Trinajstić information content (AvgIpc) is 2.01. The lowest BCUT2D eigenvalue weighted by Crippen LogP contribution is -1.96. The van der Waals surface area contributed by atoms with Gasteiger partial charge in [0.15, 0.2) is 0 Å². The average molecular weight is 224 g/mol. The zero-order valence-corrected chi connectivity index (χ0v) is 7.76. The van der Waals surface area contributed by atoms with Crippen LogP contribution in [0.3, 0.4) is 0 Å². The molecule has 0 atom stereocenters. The highest BCUT2D eigenvalue weighted by atomic mass is 79.9. The zero-order chi connectivity index (χ0) is 9.14. The lowest BCUT2D eigenvalue weighted by Gasteiger charge is -1.98. The molecule has 0 saturated heterocycles. The van der Waals surface area contributed by atoms with Crippen molar-refractivity contribution in [2.45, 2.75) is 0 Å². The second kappa shape index (κ2) is 3.42. The third kappa shape index (κ3) is 1.86. The Morgan fingerprint density at radius 3 is 2.67 bits per heavy atom. The smallest absolute Gasteiger partial charge is 0.235 e. The molecule has 0 spiro atoms. The predicted molar refractivity (Wildman–Crippen MR) is 51.7 cm³/mol. The normalized spacial score (nSPS) is 9.00. The van der Waals surface area contributed by atoms with Gasteiger partial charge in [0.05, 0.1) is 0 Å². The molecule has 0 fully saturated rings. The molecule has 60 valence electrons. The Bertz CT molecular complexity index is 345. The summed E-state index contributed by atoms with van der Waals surface area (Å²) in [5, 5.41) is 0. The molecule has 0 bridgehead atoms. The van der Waals surface area contributed by atoms with Crippen LogP contribution in [0.2, 0.25) is 0 Å². The van der Waals surface area contributed by atoms with Crippen LogP contribution < -0.4 is 5.73 Å². The van der Waals surface area contributed by atoms with E-state index < -0.39 is 0 Å². The molecule has 1 rings (SSSR count). The van der Waals surface area contributed by atoms with Gasteiger partial charge in [-0.3, -0.25) is 4.79 Å². The number of nitrogen functional groups attached to an aromatic ring is 1. The summed E-state index contributed by atoms with van der Waals surface area (Å²) in [4.78, 5) is 11.0. The molecule has 0 saturated carbocycles. The minimum Gasteiger partial charge on any atom is -0.399 e. The summed E-state index contributed by atoms with van der Waals surface area (Å²) in [5.74, 6) is 1.66. The maximum atomic E-state index is 11.0. The van der Waals surface area contributed by atoms with Gasteiger partial charge < -0.3 is 5.73 Å². The predicted octanol–water partition coefficient (Wildman–Crippen LogP) is 1.85. The van der Waals surface area contributed by atoms with Crippen LogP contribution in [0.4, 0.5) is 5.69 Å². The zero-order valence-electron chi connectivity index (χ0n) is 6.17. The SMILES string of the molecule is C#CC(=O)c1cc(N)cc(Br)c1. The number of rotatable bonds is 1. The summed E-state index contributed by atoms with van der Waals surface area (Å²) in [5.41, 5.74) is 6.45. The van der Waals surface area contributed by atoms with Crippen molar-refractivity contribution < 1.29 is 4.79 Å². The first-order chi connectivity index (χ1) is 5.63. The van der Waals surface area contributed by atoms with Crippen molar-refractivity contribution in [3.8, 4) is 12.3 Å². The maximum Gasteiger partial charge on any atom is 0.235 e. The number of hydrogen-bond acceptors (Lipinski definition) is 2. The summed E-state index contributed by atoms with van der Waals surface area (Å²) in [6.45, 7) is 0. The second-order valence-electron chi connectivity index (χ2n) is 2.25. The van der Waals surface area contributed by atoms with E-state index in [4.69, 9.17) is 12.2 Å². The number of halogens is 1. The largest absolute Gasteiger partial charge is 0.399 e. The van der Waals surface area contributed by atoms with E-state index in [1.165, 1.54) is 0 Å². The third-order valence-electron chi connectivity index (χ3n) is 1.31. The minimum absolute atomic E-state index is 0.358. The van der Waals surface area contributed by atoms with Crippen LogP contribution in [0.15, 0.2) is 22.7 Å².